The van der Waals surface area contributed by atoms with Gasteiger partial charge in [0.25, 0.3) is 0 Å². The fourth-order valence-electron chi connectivity index (χ4n) is 2.93. The molecule has 154 valence electrons. The Balaban J connectivity index is 1.34. The van der Waals surface area contributed by atoms with Crippen molar-refractivity contribution >= 4 is 17.4 Å². The van der Waals surface area contributed by atoms with Crippen LogP contribution >= 0.6 is 0 Å². The van der Waals surface area contributed by atoms with Crippen molar-refractivity contribution in [3.8, 4) is 17.2 Å². The molecule has 5 nitrogen and oxygen atoms in total. The Morgan fingerprint density at radius 3 is 2.03 bits per heavy atom. The van der Waals surface area contributed by atoms with Crippen LogP contribution in [0.1, 0.15) is 5.56 Å². The largest absolute Gasteiger partial charge is 0.489 e. The smallest absolute Gasteiger partial charge is 0.323 e. The molecule has 2 amide bonds. The molecule has 0 spiro atoms. The first-order chi connectivity index (χ1) is 15.3. The molecule has 0 aliphatic heterocycles. The topological polar surface area (TPSA) is 59.6 Å². The van der Waals surface area contributed by atoms with E-state index in [-0.39, 0.29) is 6.03 Å². The highest BCUT2D eigenvalue weighted by molar-refractivity contribution is 6.00. The van der Waals surface area contributed by atoms with Crippen LogP contribution in [0.4, 0.5) is 16.2 Å². The lowest BCUT2D eigenvalue weighted by molar-refractivity contribution is 0.262. The molecule has 31 heavy (non-hydrogen) atoms. The van der Waals surface area contributed by atoms with E-state index in [0.29, 0.717) is 29.5 Å². The number of carbonyl (C=O) groups is 1. The molecule has 0 aliphatic carbocycles. The molecule has 4 rings (SSSR count). The Morgan fingerprint density at radius 1 is 0.645 bits per heavy atom. The van der Waals surface area contributed by atoms with Crippen LogP contribution in [0.25, 0.3) is 0 Å². The van der Waals surface area contributed by atoms with Gasteiger partial charge in [-0.05, 0) is 54.1 Å². The highest BCUT2D eigenvalue weighted by atomic mass is 16.5. The molecule has 4 aromatic rings. The van der Waals surface area contributed by atoms with Gasteiger partial charge in [0, 0.05) is 5.69 Å². The molecule has 0 aromatic heterocycles. The number of hydrogen-bond donors (Lipinski definition) is 2. The van der Waals surface area contributed by atoms with Gasteiger partial charge >= 0.3 is 6.03 Å². The molecule has 4 aromatic carbocycles. The maximum atomic E-state index is 12.5. The van der Waals surface area contributed by atoms with Gasteiger partial charge in [-0.3, -0.25) is 0 Å². The summed E-state index contributed by atoms with van der Waals surface area (Å²) in [6.45, 7) is 0.492. The second-order valence-electron chi connectivity index (χ2n) is 6.79. The normalized spacial score (nSPS) is 10.2. The maximum absolute atomic E-state index is 12.5. The Bertz CT molecular complexity index is 1110. The van der Waals surface area contributed by atoms with Gasteiger partial charge in [-0.2, -0.15) is 0 Å². The highest BCUT2D eigenvalue weighted by Crippen LogP contribution is 2.29. The third-order valence-electron chi connectivity index (χ3n) is 4.47. The van der Waals surface area contributed by atoms with Crippen LogP contribution in [0, 0.1) is 0 Å². The summed E-state index contributed by atoms with van der Waals surface area (Å²) in [6.07, 6.45) is 0. The first kappa shape index (κ1) is 20.0. The Kier molecular flexibility index (Phi) is 6.45. The average molecular weight is 410 g/mol. The van der Waals surface area contributed by atoms with E-state index in [1.54, 1.807) is 18.2 Å². The predicted octanol–water partition coefficient (Wildman–Crippen LogP) is 6.70. The highest BCUT2D eigenvalue weighted by Gasteiger charge is 2.09. The number of hydrogen-bond acceptors (Lipinski definition) is 3. The first-order valence-electron chi connectivity index (χ1n) is 9.93. The summed E-state index contributed by atoms with van der Waals surface area (Å²) in [5.41, 5.74) is 2.33. The number of amides is 2. The van der Waals surface area contributed by atoms with Gasteiger partial charge < -0.3 is 20.1 Å². The zero-order valence-electron chi connectivity index (χ0n) is 16.8. The minimum absolute atomic E-state index is 0.359. The number of para-hydroxylation sites is 3. The third-order valence-corrected chi connectivity index (χ3v) is 4.47. The summed E-state index contributed by atoms with van der Waals surface area (Å²) < 4.78 is 11.7. The fraction of sp³-hybridized carbons (Fsp3) is 0.0385. The van der Waals surface area contributed by atoms with Crippen LogP contribution in [0.2, 0.25) is 0 Å². The summed E-state index contributed by atoms with van der Waals surface area (Å²) >= 11 is 0. The quantitative estimate of drug-likeness (QED) is 0.356. The van der Waals surface area contributed by atoms with Gasteiger partial charge in [0.1, 0.15) is 18.1 Å². The number of ether oxygens (including phenoxy) is 2. The van der Waals surface area contributed by atoms with Crippen LogP contribution in [-0.4, -0.2) is 6.03 Å². The number of rotatable bonds is 7. The van der Waals surface area contributed by atoms with Gasteiger partial charge in [-0.25, -0.2) is 4.79 Å². The number of benzene rings is 4. The van der Waals surface area contributed by atoms with Crippen LogP contribution in [-0.2, 0) is 6.61 Å². The molecule has 0 radical (unpaired) electrons. The van der Waals surface area contributed by atoms with E-state index in [1.807, 2.05) is 91.0 Å². The molecule has 0 fully saturated rings. The van der Waals surface area contributed by atoms with Gasteiger partial charge in [0.05, 0.1) is 5.69 Å². The SMILES string of the molecule is O=C(Nc1ccc(OCc2ccccc2)cc1)Nc1ccccc1Oc1ccccc1. The Morgan fingerprint density at radius 2 is 1.29 bits per heavy atom. The second kappa shape index (κ2) is 9.98. The van der Waals surface area contributed by atoms with Crippen LogP contribution < -0.4 is 20.1 Å². The van der Waals surface area contributed by atoms with E-state index in [4.69, 9.17) is 9.47 Å². The lowest BCUT2D eigenvalue weighted by Crippen LogP contribution is -2.19. The predicted molar refractivity (Wildman–Crippen MR) is 123 cm³/mol. The van der Waals surface area contributed by atoms with Crippen molar-refractivity contribution in [1.82, 2.24) is 0 Å². The molecule has 0 saturated carbocycles. The van der Waals surface area contributed by atoms with Crippen molar-refractivity contribution in [2.45, 2.75) is 6.61 Å². The number of urea groups is 1. The molecular weight excluding hydrogens is 388 g/mol. The summed E-state index contributed by atoms with van der Waals surface area (Å²) in [5, 5.41) is 5.66. The van der Waals surface area contributed by atoms with Crippen LogP contribution in [0.5, 0.6) is 17.2 Å². The average Bonchev–Trinajstić information content (AvgIpc) is 2.81. The summed E-state index contributed by atoms with van der Waals surface area (Å²) in [4.78, 5) is 12.5. The summed E-state index contributed by atoms with van der Waals surface area (Å²) in [6, 6.07) is 33.6. The molecule has 0 atom stereocenters. The van der Waals surface area contributed by atoms with E-state index in [2.05, 4.69) is 10.6 Å². The molecule has 0 unspecified atom stereocenters. The zero-order valence-corrected chi connectivity index (χ0v) is 16.8. The fourth-order valence-corrected chi connectivity index (χ4v) is 2.93. The van der Waals surface area contributed by atoms with E-state index in [0.717, 1.165) is 11.3 Å². The van der Waals surface area contributed by atoms with Gasteiger partial charge in [-0.15, -0.1) is 0 Å². The summed E-state index contributed by atoms with van der Waals surface area (Å²) in [5.74, 6) is 1.99. The maximum Gasteiger partial charge on any atom is 0.323 e. The molecular formula is C26H22N2O3. The van der Waals surface area contributed by atoms with E-state index in [1.165, 1.54) is 0 Å². The van der Waals surface area contributed by atoms with Crippen LogP contribution in [0.15, 0.2) is 109 Å². The molecule has 0 aliphatic rings. The molecule has 5 heteroatoms. The van der Waals surface area contributed by atoms with E-state index in [9.17, 15) is 4.79 Å². The molecule has 0 saturated heterocycles. The lowest BCUT2D eigenvalue weighted by atomic mass is 10.2. The standard InChI is InChI=1S/C26H22N2O3/c29-26(28-24-13-7-8-14-25(24)31-23-11-5-2-6-12-23)27-21-15-17-22(18-16-21)30-19-20-9-3-1-4-10-20/h1-18H,19H2,(H2,27,28,29). The van der Waals surface area contributed by atoms with E-state index < -0.39 is 0 Å². The zero-order chi connectivity index (χ0) is 21.3. The Hall–Kier alpha value is -4.25. The van der Waals surface area contributed by atoms with Gasteiger partial charge in [0.15, 0.2) is 5.75 Å². The number of carbonyl (C=O) groups excluding carboxylic acids is 1. The third kappa shape index (κ3) is 5.87. The number of nitrogens with one attached hydrogen (secondary N) is 2. The summed E-state index contributed by atoms with van der Waals surface area (Å²) in [7, 11) is 0. The van der Waals surface area contributed by atoms with Crippen molar-refractivity contribution in [3.05, 3.63) is 115 Å². The second-order valence-corrected chi connectivity index (χ2v) is 6.79. The van der Waals surface area contributed by atoms with Crippen molar-refractivity contribution < 1.29 is 14.3 Å². The van der Waals surface area contributed by atoms with Crippen LogP contribution in [0.3, 0.4) is 0 Å². The van der Waals surface area contributed by atoms with Crippen molar-refractivity contribution in [1.29, 1.82) is 0 Å². The van der Waals surface area contributed by atoms with Gasteiger partial charge in [0.2, 0.25) is 0 Å². The lowest BCUT2D eigenvalue weighted by Gasteiger charge is -2.13. The van der Waals surface area contributed by atoms with E-state index >= 15 is 0 Å². The molecule has 0 heterocycles. The van der Waals surface area contributed by atoms with Crippen molar-refractivity contribution in [2.75, 3.05) is 10.6 Å². The first-order valence-corrected chi connectivity index (χ1v) is 9.93. The number of anilines is 2. The Labute approximate surface area is 181 Å². The minimum atomic E-state index is -0.359. The monoisotopic (exact) mass is 410 g/mol. The minimum Gasteiger partial charge on any atom is -0.489 e. The van der Waals surface area contributed by atoms with Crippen molar-refractivity contribution in [3.63, 3.8) is 0 Å². The molecule has 2 N–H and O–H groups in total. The van der Waals surface area contributed by atoms with Crippen molar-refractivity contribution in [2.24, 2.45) is 0 Å². The molecule has 0 bridgehead atoms. The van der Waals surface area contributed by atoms with Gasteiger partial charge in [-0.1, -0.05) is 60.7 Å².